The van der Waals surface area contributed by atoms with Crippen molar-refractivity contribution in [2.45, 2.75) is 31.8 Å². The van der Waals surface area contributed by atoms with Gasteiger partial charge in [0.2, 0.25) is 5.91 Å². The van der Waals surface area contributed by atoms with Crippen molar-refractivity contribution in [3.63, 3.8) is 0 Å². The summed E-state index contributed by atoms with van der Waals surface area (Å²) in [5.74, 6) is 0.220. The van der Waals surface area contributed by atoms with Gasteiger partial charge < -0.3 is 10.2 Å². The summed E-state index contributed by atoms with van der Waals surface area (Å²) in [5.41, 5.74) is 1.79. The standard InChI is InChI=1S/C15H19N3O/c1-11(13-5-3-4-12(8-13)9-16)17-14-6-7-15(19)18(2)10-14/h3-5,8,11,14,17H,6-7,10H2,1-2H3. The number of rotatable bonds is 3. The molecule has 19 heavy (non-hydrogen) atoms. The summed E-state index contributed by atoms with van der Waals surface area (Å²) in [6.45, 7) is 2.84. The molecule has 2 atom stereocenters. The lowest BCUT2D eigenvalue weighted by atomic mass is 10.0. The van der Waals surface area contributed by atoms with Crippen LogP contribution in [0.2, 0.25) is 0 Å². The Kier molecular flexibility index (Phi) is 4.18. The quantitative estimate of drug-likeness (QED) is 0.898. The van der Waals surface area contributed by atoms with Gasteiger partial charge in [0.25, 0.3) is 0 Å². The third-order valence-corrected chi connectivity index (χ3v) is 3.63. The van der Waals surface area contributed by atoms with E-state index in [0.29, 0.717) is 18.0 Å². The number of likely N-dealkylation sites (N-methyl/N-ethyl adjacent to an activating group) is 1. The minimum atomic E-state index is 0.180. The predicted molar refractivity (Wildman–Crippen MR) is 73.4 cm³/mol. The van der Waals surface area contributed by atoms with Crippen molar-refractivity contribution in [1.29, 1.82) is 5.26 Å². The molecule has 100 valence electrons. The molecule has 1 heterocycles. The lowest BCUT2D eigenvalue weighted by Crippen LogP contribution is -2.47. The number of benzene rings is 1. The van der Waals surface area contributed by atoms with Crippen LogP contribution in [-0.2, 0) is 4.79 Å². The summed E-state index contributed by atoms with van der Waals surface area (Å²) in [6.07, 6.45) is 1.49. The summed E-state index contributed by atoms with van der Waals surface area (Å²) in [7, 11) is 1.84. The molecule has 2 unspecified atom stereocenters. The molecule has 0 radical (unpaired) electrons. The molecule has 1 N–H and O–H groups in total. The fourth-order valence-electron chi connectivity index (χ4n) is 2.48. The number of carbonyl (C=O) groups is 1. The van der Waals surface area contributed by atoms with Gasteiger partial charge >= 0.3 is 0 Å². The van der Waals surface area contributed by atoms with Crippen LogP contribution in [0.1, 0.15) is 36.9 Å². The lowest BCUT2D eigenvalue weighted by Gasteiger charge is -2.32. The Balaban J connectivity index is 1.99. The number of hydrogen-bond donors (Lipinski definition) is 1. The molecular formula is C15H19N3O. The average molecular weight is 257 g/mol. The fourth-order valence-corrected chi connectivity index (χ4v) is 2.48. The number of nitrogens with one attached hydrogen (secondary N) is 1. The van der Waals surface area contributed by atoms with E-state index in [1.165, 1.54) is 0 Å². The van der Waals surface area contributed by atoms with Gasteiger partial charge in [-0.15, -0.1) is 0 Å². The van der Waals surface area contributed by atoms with Gasteiger partial charge in [-0.05, 0) is 31.0 Å². The Morgan fingerprint density at radius 2 is 2.32 bits per heavy atom. The average Bonchev–Trinajstić information content (AvgIpc) is 2.43. The van der Waals surface area contributed by atoms with Crippen LogP contribution in [0, 0.1) is 11.3 Å². The normalized spacial score (nSPS) is 21.0. The first-order chi connectivity index (χ1) is 9.10. The summed E-state index contributed by atoms with van der Waals surface area (Å²) in [5, 5.41) is 12.4. The van der Waals surface area contributed by atoms with Gasteiger partial charge in [0.1, 0.15) is 0 Å². The van der Waals surface area contributed by atoms with E-state index in [-0.39, 0.29) is 11.9 Å². The second-order valence-electron chi connectivity index (χ2n) is 5.14. The number of likely N-dealkylation sites (tertiary alicyclic amines) is 1. The molecule has 1 fully saturated rings. The molecule has 0 aliphatic carbocycles. The Hall–Kier alpha value is -1.86. The van der Waals surface area contributed by atoms with Crippen molar-refractivity contribution < 1.29 is 4.79 Å². The van der Waals surface area contributed by atoms with Gasteiger partial charge in [0, 0.05) is 32.1 Å². The monoisotopic (exact) mass is 257 g/mol. The molecule has 0 bridgehead atoms. The van der Waals surface area contributed by atoms with Gasteiger partial charge in [-0.3, -0.25) is 4.79 Å². The molecule has 4 nitrogen and oxygen atoms in total. The largest absolute Gasteiger partial charge is 0.344 e. The molecule has 1 saturated heterocycles. The maximum atomic E-state index is 11.4. The van der Waals surface area contributed by atoms with Gasteiger partial charge in [-0.1, -0.05) is 12.1 Å². The minimum Gasteiger partial charge on any atom is -0.344 e. The highest BCUT2D eigenvalue weighted by Gasteiger charge is 2.23. The zero-order valence-electron chi connectivity index (χ0n) is 11.4. The van der Waals surface area contributed by atoms with E-state index >= 15 is 0 Å². The molecule has 1 aromatic carbocycles. The number of carbonyl (C=O) groups excluding carboxylic acids is 1. The van der Waals surface area contributed by atoms with Crippen LogP contribution in [-0.4, -0.2) is 30.4 Å². The van der Waals surface area contributed by atoms with Crippen LogP contribution in [0.4, 0.5) is 0 Å². The molecule has 2 rings (SSSR count). The fraction of sp³-hybridized carbons (Fsp3) is 0.467. The first-order valence-corrected chi connectivity index (χ1v) is 6.60. The molecule has 1 amide bonds. The number of nitrogens with zero attached hydrogens (tertiary/aromatic N) is 2. The molecule has 0 saturated carbocycles. The highest BCUT2D eigenvalue weighted by molar-refractivity contribution is 5.76. The van der Waals surface area contributed by atoms with Crippen LogP contribution in [0.3, 0.4) is 0 Å². The SMILES string of the molecule is CC(NC1CCC(=O)N(C)C1)c1cccc(C#N)c1. The highest BCUT2D eigenvalue weighted by atomic mass is 16.2. The van der Waals surface area contributed by atoms with Crippen LogP contribution in [0.25, 0.3) is 0 Å². The molecule has 0 spiro atoms. The summed E-state index contributed by atoms with van der Waals surface area (Å²) in [6, 6.07) is 10.3. The van der Waals surface area contributed by atoms with E-state index in [1.807, 2.05) is 31.3 Å². The smallest absolute Gasteiger partial charge is 0.222 e. The lowest BCUT2D eigenvalue weighted by molar-refractivity contribution is -0.132. The zero-order valence-corrected chi connectivity index (χ0v) is 11.4. The van der Waals surface area contributed by atoms with Crippen molar-refractivity contribution in [3.05, 3.63) is 35.4 Å². The third-order valence-electron chi connectivity index (χ3n) is 3.63. The maximum absolute atomic E-state index is 11.4. The molecule has 1 aliphatic heterocycles. The first-order valence-electron chi connectivity index (χ1n) is 6.60. The van der Waals surface area contributed by atoms with Crippen molar-refractivity contribution >= 4 is 5.91 Å². The van der Waals surface area contributed by atoms with Gasteiger partial charge in [0.15, 0.2) is 0 Å². The van der Waals surface area contributed by atoms with E-state index in [4.69, 9.17) is 5.26 Å². The van der Waals surface area contributed by atoms with E-state index in [1.54, 1.807) is 4.90 Å². The van der Waals surface area contributed by atoms with Gasteiger partial charge in [0.05, 0.1) is 11.6 Å². The van der Waals surface area contributed by atoms with Crippen molar-refractivity contribution in [3.8, 4) is 6.07 Å². The Morgan fingerprint density at radius 3 is 3.00 bits per heavy atom. The van der Waals surface area contributed by atoms with Crippen LogP contribution in [0.15, 0.2) is 24.3 Å². The number of amides is 1. The Bertz CT molecular complexity index is 506. The maximum Gasteiger partial charge on any atom is 0.222 e. The second-order valence-corrected chi connectivity index (χ2v) is 5.14. The topological polar surface area (TPSA) is 56.1 Å². The van der Waals surface area contributed by atoms with Crippen LogP contribution < -0.4 is 5.32 Å². The van der Waals surface area contributed by atoms with E-state index in [0.717, 1.165) is 18.5 Å². The number of nitriles is 1. The third kappa shape index (κ3) is 3.33. The van der Waals surface area contributed by atoms with Crippen molar-refractivity contribution in [1.82, 2.24) is 10.2 Å². The molecular weight excluding hydrogens is 238 g/mol. The summed E-state index contributed by atoms with van der Waals surface area (Å²) >= 11 is 0. The second kappa shape index (κ2) is 5.85. The number of piperidine rings is 1. The Morgan fingerprint density at radius 1 is 1.53 bits per heavy atom. The predicted octanol–water partition coefficient (Wildman–Crippen LogP) is 1.83. The molecule has 1 aliphatic rings. The summed E-state index contributed by atoms with van der Waals surface area (Å²) in [4.78, 5) is 13.2. The minimum absolute atomic E-state index is 0.180. The van der Waals surface area contributed by atoms with E-state index in [9.17, 15) is 4.79 Å². The first kappa shape index (κ1) is 13.6. The van der Waals surface area contributed by atoms with E-state index in [2.05, 4.69) is 18.3 Å². The molecule has 1 aromatic rings. The van der Waals surface area contributed by atoms with Gasteiger partial charge in [-0.25, -0.2) is 0 Å². The van der Waals surface area contributed by atoms with Crippen LogP contribution in [0.5, 0.6) is 0 Å². The molecule has 0 aromatic heterocycles. The molecule has 4 heteroatoms. The zero-order chi connectivity index (χ0) is 13.8. The van der Waals surface area contributed by atoms with Crippen molar-refractivity contribution in [2.75, 3.05) is 13.6 Å². The summed E-state index contributed by atoms with van der Waals surface area (Å²) < 4.78 is 0. The van der Waals surface area contributed by atoms with Crippen molar-refractivity contribution in [2.24, 2.45) is 0 Å². The van der Waals surface area contributed by atoms with Crippen LogP contribution >= 0.6 is 0 Å². The Labute approximate surface area is 114 Å². The van der Waals surface area contributed by atoms with Gasteiger partial charge in [-0.2, -0.15) is 5.26 Å². The van der Waals surface area contributed by atoms with E-state index < -0.39 is 0 Å². The highest BCUT2D eigenvalue weighted by Crippen LogP contribution is 2.17. The number of hydrogen-bond acceptors (Lipinski definition) is 3.